The molecular formula is C15H25NO2. The topological polar surface area (TPSA) is 34.4 Å². The molecule has 0 radical (unpaired) electrons. The molecule has 1 aliphatic heterocycles. The fraction of sp³-hybridized carbons (Fsp3) is 0.733. The summed E-state index contributed by atoms with van der Waals surface area (Å²) in [6.45, 7) is 4.14. The molecule has 1 saturated heterocycles. The Kier molecular flexibility index (Phi) is 5.75. The Morgan fingerprint density at radius 1 is 1.44 bits per heavy atom. The van der Waals surface area contributed by atoms with Gasteiger partial charge in [0.1, 0.15) is 0 Å². The van der Waals surface area contributed by atoms with Gasteiger partial charge in [-0.1, -0.05) is 6.92 Å². The third-order valence-corrected chi connectivity index (χ3v) is 3.67. The summed E-state index contributed by atoms with van der Waals surface area (Å²) in [5, 5.41) is 3.56. The molecule has 0 saturated carbocycles. The maximum Gasteiger partial charge on any atom is 0.0935 e. The lowest BCUT2D eigenvalue weighted by Gasteiger charge is -2.25. The van der Waals surface area contributed by atoms with Crippen molar-refractivity contribution >= 4 is 0 Å². The van der Waals surface area contributed by atoms with Crippen molar-refractivity contribution in [2.75, 3.05) is 13.2 Å². The SMILES string of the molecule is CCNC(CCC1CCCCO1)Cc1ccoc1. The van der Waals surface area contributed by atoms with Crippen molar-refractivity contribution in [3.05, 3.63) is 24.2 Å². The standard InChI is InChI=1S/C15H25NO2/c1-2-16-14(11-13-8-10-17-12-13)6-7-15-5-3-4-9-18-15/h8,10,12,14-16H,2-7,9,11H2,1H3. The summed E-state index contributed by atoms with van der Waals surface area (Å²) in [5.41, 5.74) is 1.28. The first-order chi connectivity index (χ1) is 8.88. The first-order valence-corrected chi connectivity index (χ1v) is 7.24. The van der Waals surface area contributed by atoms with E-state index in [4.69, 9.17) is 9.15 Å². The minimum absolute atomic E-state index is 0.490. The molecule has 0 aliphatic carbocycles. The average molecular weight is 251 g/mol. The van der Waals surface area contributed by atoms with Gasteiger partial charge in [-0.25, -0.2) is 0 Å². The number of ether oxygens (including phenoxy) is 1. The van der Waals surface area contributed by atoms with Crippen LogP contribution in [0.2, 0.25) is 0 Å². The molecule has 18 heavy (non-hydrogen) atoms. The van der Waals surface area contributed by atoms with E-state index in [0.29, 0.717) is 12.1 Å². The minimum Gasteiger partial charge on any atom is -0.472 e. The van der Waals surface area contributed by atoms with Gasteiger partial charge in [0.25, 0.3) is 0 Å². The van der Waals surface area contributed by atoms with E-state index in [2.05, 4.69) is 18.3 Å². The molecule has 1 aromatic heterocycles. The first kappa shape index (κ1) is 13.6. The predicted molar refractivity (Wildman–Crippen MR) is 72.7 cm³/mol. The van der Waals surface area contributed by atoms with E-state index in [1.54, 1.807) is 6.26 Å². The van der Waals surface area contributed by atoms with Gasteiger partial charge in [-0.3, -0.25) is 0 Å². The van der Waals surface area contributed by atoms with Crippen LogP contribution in [0.4, 0.5) is 0 Å². The Morgan fingerprint density at radius 2 is 2.39 bits per heavy atom. The summed E-state index contributed by atoms with van der Waals surface area (Å²) in [7, 11) is 0. The van der Waals surface area contributed by atoms with Crippen LogP contribution in [0.1, 0.15) is 44.6 Å². The van der Waals surface area contributed by atoms with Crippen molar-refractivity contribution in [1.82, 2.24) is 5.32 Å². The summed E-state index contributed by atoms with van der Waals surface area (Å²) >= 11 is 0. The quantitative estimate of drug-likeness (QED) is 0.808. The maximum atomic E-state index is 5.80. The highest BCUT2D eigenvalue weighted by atomic mass is 16.5. The normalized spacial score (nSPS) is 21.9. The van der Waals surface area contributed by atoms with Crippen LogP contribution in [-0.2, 0) is 11.2 Å². The monoisotopic (exact) mass is 251 g/mol. The Labute approximate surface area is 110 Å². The zero-order valence-corrected chi connectivity index (χ0v) is 11.4. The smallest absolute Gasteiger partial charge is 0.0935 e. The molecule has 3 nitrogen and oxygen atoms in total. The van der Waals surface area contributed by atoms with Gasteiger partial charge >= 0.3 is 0 Å². The minimum atomic E-state index is 0.490. The molecule has 0 amide bonds. The summed E-state index contributed by atoms with van der Waals surface area (Å²) < 4.78 is 10.9. The van der Waals surface area contributed by atoms with Crippen molar-refractivity contribution < 1.29 is 9.15 Å². The van der Waals surface area contributed by atoms with Crippen LogP contribution < -0.4 is 5.32 Å². The molecule has 1 fully saturated rings. The molecule has 2 rings (SSSR count). The largest absolute Gasteiger partial charge is 0.472 e. The van der Waals surface area contributed by atoms with Gasteiger partial charge in [0.2, 0.25) is 0 Å². The molecule has 0 spiro atoms. The van der Waals surface area contributed by atoms with Crippen LogP contribution >= 0.6 is 0 Å². The van der Waals surface area contributed by atoms with Crippen LogP contribution in [0.5, 0.6) is 0 Å². The second-order valence-electron chi connectivity index (χ2n) is 5.16. The van der Waals surface area contributed by atoms with Crippen molar-refractivity contribution in [2.45, 2.75) is 57.6 Å². The second-order valence-corrected chi connectivity index (χ2v) is 5.16. The number of rotatable bonds is 7. The van der Waals surface area contributed by atoms with Gasteiger partial charge in [0.15, 0.2) is 0 Å². The fourth-order valence-corrected chi connectivity index (χ4v) is 2.68. The highest BCUT2D eigenvalue weighted by Crippen LogP contribution is 2.19. The van der Waals surface area contributed by atoms with Crippen molar-refractivity contribution in [1.29, 1.82) is 0 Å². The molecule has 1 aliphatic rings. The molecule has 0 bridgehead atoms. The van der Waals surface area contributed by atoms with Crippen molar-refractivity contribution in [3.8, 4) is 0 Å². The van der Waals surface area contributed by atoms with Gasteiger partial charge in [0, 0.05) is 12.6 Å². The summed E-state index contributed by atoms with van der Waals surface area (Å²) in [6, 6.07) is 2.60. The van der Waals surface area contributed by atoms with Crippen molar-refractivity contribution in [3.63, 3.8) is 0 Å². The van der Waals surface area contributed by atoms with E-state index >= 15 is 0 Å². The first-order valence-electron chi connectivity index (χ1n) is 7.24. The van der Waals surface area contributed by atoms with Crippen molar-refractivity contribution in [2.24, 2.45) is 0 Å². The molecule has 2 heterocycles. The van der Waals surface area contributed by atoms with Crippen LogP contribution in [-0.4, -0.2) is 25.3 Å². The number of furan rings is 1. The van der Waals surface area contributed by atoms with E-state index in [-0.39, 0.29) is 0 Å². The van der Waals surface area contributed by atoms with Crippen LogP contribution in [0, 0.1) is 0 Å². The molecule has 2 unspecified atom stereocenters. The number of likely N-dealkylation sites (N-methyl/N-ethyl adjacent to an activating group) is 1. The van der Waals surface area contributed by atoms with Crippen LogP contribution in [0.25, 0.3) is 0 Å². The Hall–Kier alpha value is -0.800. The third kappa shape index (κ3) is 4.46. The summed E-state index contributed by atoms with van der Waals surface area (Å²) in [4.78, 5) is 0. The zero-order valence-electron chi connectivity index (χ0n) is 11.4. The lowest BCUT2D eigenvalue weighted by Crippen LogP contribution is -2.32. The Bertz CT molecular complexity index is 304. The van der Waals surface area contributed by atoms with E-state index in [1.165, 1.54) is 37.7 Å². The highest BCUT2D eigenvalue weighted by Gasteiger charge is 2.16. The van der Waals surface area contributed by atoms with Gasteiger partial charge in [0.05, 0.1) is 18.6 Å². The third-order valence-electron chi connectivity index (χ3n) is 3.67. The van der Waals surface area contributed by atoms with Gasteiger partial charge < -0.3 is 14.5 Å². The molecule has 0 aromatic carbocycles. The number of hydrogen-bond acceptors (Lipinski definition) is 3. The molecule has 1 N–H and O–H groups in total. The zero-order chi connectivity index (χ0) is 12.6. The predicted octanol–water partition coefficient (Wildman–Crippen LogP) is 3.15. The Morgan fingerprint density at radius 3 is 3.06 bits per heavy atom. The highest BCUT2D eigenvalue weighted by molar-refractivity contribution is 5.07. The second kappa shape index (κ2) is 7.59. The summed E-state index contributed by atoms with van der Waals surface area (Å²) in [6.07, 6.45) is 11.3. The molecular weight excluding hydrogens is 226 g/mol. The lowest BCUT2D eigenvalue weighted by molar-refractivity contribution is 0.00860. The Balaban J connectivity index is 1.74. The van der Waals surface area contributed by atoms with Gasteiger partial charge in [-0.15, -0.1) is 0 Å². The molecule has 2 atom stereocenters. The molecule has 1 aromatic rings. The van der Waals surface area contributed by atoms with E-state index < -0.39 is 0 Å². The van der Waals surface area contributed by atoms with E-state index in [0.717, 1.165) is 19.6 Å². The summed E-state index contributed by atoms with van der Waals surface area (Å²) in [5.74, 6) is 0. The van der Waals surface area contributed by atoms with Gasteiger partial charge in [-0.2, -0.15) is 0 Å². The molecule has 3 heteroatoms. The number of nitrogens with one attached hydrogen (secondary N) is 1. The number of hydrogen-bond donors (Lipinski definition) is 1. The lowest BCUT2D eigenvalue weighted by atomic mass is 9.98. The maximum absolute atomic E-state index is 5.80. The average Bonchev–Trinajstić information content (AvgIpc) is 2.90. The van der Waals surface area contributed by atoms with Gasteiger partial charge in [-0.05, 0) is 56.7 Å². The van der Waals surface area contributed by atoms with E-state index in [1.807, 2.05) is 6.26 Å². The van der Waals surface area contributed by atoms with Crippen LogP contribution in [0.15, 0.2) is 23.0 Å². The fourth-order valence-electron chi connectivity index (χ4n) is 2.68. The molecule has 102 valence electrons. The van der Waals surface area contributed by atoms with E-state index in [9.17, 15) is 0 Å². The van der Waals surface area contributed by atoms with Crippen LogP contribution in [0.3, 0.4) is 0 Å².